The van der Waals surface area contributed by atoms with Crippen molar-refractivity contribution in [2.45, 2.75) is 33.7 Å². The number of aromatic amines is 1. The lowest BCUT2D eigenvalue weighted by molar-refractivity contribution is -0.151. The van der Waals surface area contributed by atoms with Crippen molar-refractivity contribution in [3.63, 3.8) is 0 Å². The SMILES string of the molecule is CCc1cn(CC(C)(C)C(=O)OC)c(=O)[nH]c1=O. The second kappa shape index (κ2) is 5.20. The minimum Gasteiger partial charge on any atom is -0.469 e. The first-order chi connectivity index (χ1) is 8.31. The highest BCUT2D eigenvalue weighted by atomic mass is 16.5. The van der Waals surface area contributed by atoms with E-state index < -0.39 is 17.1 Å². The van der Waals surface area contributed by atoms with Crippen LogP contribution in [0, 0.1) is 5.41 Å². The first-order valence-electron chi connectivity index (χ1n) is 5.73. The highest BCUT2D eigenvalue weighted by Crippen LogP contribution is 2.18. The molecule has 1 heterocycles. The Balaban J connectivity index is 3.16. The quantitative estimate of drug-likeness (QED) is 0.783. The summed E-state index contributed by atoms with van der Waals surface area (Å²) in [5, 5.41) is 0. The first kappa shape index (κ1) is 14.2. The molecule has 0 bridgehead atoms. The maximum atomic E-state index is 11.7. The molecule has 0 aliphatic rings. The van der Waals surface area contributed by atoms with E-state index in [4.69, 9.17) is 0 Å². The van der Waals surface area contributed by atoms with E-state index in [1.165, 1.54) is 17.9 Å². The average Bonchev–Trinajstić information content (AvgIpc) is 2.31. The summed E-state index contributed by atoms with van der Waals surface area (Å²) in [4.78, 5) is 36.9. The molecule has 0 aromatic carbocycles. The second-order valence-electron chi connectivity index (χ2n) is 4.77. The van der Waals surface area contributed by atoms with Crippen LogP contribution in [0.5, 0.6) is 0 Å². The summed E-state index contributed by atoms with van der Waals surface area (Å²) in [6, 6.07) is 0. The van der Waals surface area contributed by atoms with E-state index in [0.717, 1.165) is 0 Å². The molecule has 0 aliphatic heterocycles. The summed E-state index contributed by atoms with van der Waals surface area (Å²) in [6.07, 6.45) is 2.01. The molecule has 18 heavy (non-hydrogen) atoms. The van der Waals surface area contributed by atoms with Crippen LogP contribution in [0.3, 0.4) is 0 Å². The van der Waals surface area contributed by atoms with Gasteiger partial charge in [0, 0.05) is 18.3 Å². The normalized spacial score (nSPS) is 11.3. The van der Waals surface area contributed by atoms with Crippen molar-refractivity contribution in [3.8, 4) is 0 Å². The topological polar surface area (TPSA) is 81.2 Å². The van der Waals surface area contributed by atoms with Crippen molar-refractivity contribution in [1.29, 1.82) is 0 Å². The Morgan fingerprint density at radius 2 is 2.06 bits per heavy atom. The van der Waals surface area contributed by atoms with E-state index >= 15 is 0 Å². The van der Waals surface area contributed by atoms with Gasteiger partial charge in [0.05, 0.1) is 12.5 Å². The molecular weight excluding hydrogens is 236 g/mol. The van der Waals surface area contributed by atoms with Gasteiger partial charge in [-0.05, 0) is 20.3 Å². The molecule has 1 aromatic rings. The largest absolute Gasteiger partial charge is 0.469 e. The molecule has 6 heteroatoms. The molecule has 0 amide bonds. The number of rotatable bonds is 4. The molecule has 1 N–H and O–H groups in total. The number of carbonyl (C=O) groups is 1. The first-order valence-corrected chi connectivity index (χ1v) is 5.73. The van der Waals surface area contributed by atoms with Gasteiger partial charge in [-0.25, -0.2) is 4.79 Å². The third-order valence-corrected chi connectivity index (χ3v) is 2.77. The molecule has 0 fully saturated rings. The molecular formula is C12H18N2O4. The minimum absolute atomic E-state index is 0.155. The molecule has 0 saturated carbocycles. The molecule has 0 unspecified atom stereocenters. The molecule has 0 aliphatic carbocycles. The average molecular weight is 254 g/mol. The molecule has 0 saturated heterocycles. The molecule has 100 valence electrons. The zero-order valence-corrected chi connectivity index (χ0v) is 11.1. The van der Waals surface area contributed by atoms with E-state index in [2.05, 4.69) is 9.72 Å². The zero-order chi connectivity index (χ0) is 13.9. The Morgan fingerprint density at radius 1 is 1.44 bits per heavy atom. The smallest absolute Gasteiger partial charge is 0.328 e. The molecule has 1 aromatic heterocycles. The maximum absolute atomic E-state index is 11.7. The van der Waals surface area contributed by atoms with Crippen molar-refractivity contribution in [2.75, 3.05) is 7.11 Å². The fourth-order valence-electron chi connectivity index (χ4n) is 1.69. The summed E-state index contributed by atoms with van der Waals surface area (Å²) in [7, 11) is 1.30. The second-order valence-corrected chi connectivity index (χ2v) is 4.77. The van der Waals surface area contributed by atoms with Gasteiger partial charge in [0.1, 0.15) is 0 Å². The van der Waals surface area contributed by atoms with E-state index in [1.807, 2.05) is 6.92 Å². The summed E-state index contributed by atoms with van der Waals surface area (Å²) in [5.74, 6) is -0.404. The van der Waals surface area contributed by atoms with Crippen LogP contribution in [0.25, 0.3) is 0 Å². The van der Waals surface area contributed by atoms with Crippen molar-refractivity contribution < 1.29 is 9.53 Å². The van der Waals surface area contributed by atoms with Gasteiger partial charge in [-0.1, -0.05) is 6.92 Å². The number of aromatic nitrogens is 2. The Morgan fingerprint density at radius 3 is 2.56 bits per heavy atom. The standard InChI is InChI=1S/C12H18N2O4/c1-5-8-6-14(11(17)13-9(8)15)7-12(2,3)10(16)18-4/h6H,5,7H2,1-4H3,(H,13,15,17). The highest BCUT2D eigenvalue weighted by Gasteiger charge is 2.29. The monoisotopic (exact) mass is 254 g/mol. The zero-order valence-electron chi connectivity index (χ0n) is 11.1. The van der Waals surface area contributed by atoms with Crippen LogP contribution in [-0.2, 0) is 22.5 Å². The number of hydrogen-bond acceptors (Lipinski definition) is 4. The number of aryl methyl sites for hydroxylation is 1. The number of H-pyrrole nitrogens is 1. The summed E-state index contributed by atoms with van der Waals surface area (Å²) in [6.45, 7) is 5.34. The van der Waals surface area contributed by atoms with Gasteiger partial charge < -0.3 is 4.74 Å². The predicted molar refractivity (Wildman–Crippen MR) is 66.5 cm³/mol. The van der Waals surface area contributed by atoms with Gasteiger partial charge in [-0.3, -0.25) is 19.1 Å². The Hall–Kier alpha value is -1.85. The Labute approximate surface area is 105 Å². The van der Waals surface area contributed by atoms with Gasteiger partial charge in [0.25, 0.3) is 5.56 Å². The van der Waals surface area contributed by atoms with E-state index in [1.54, 1.807) is 13.8 Å². The number of ether oxygens (including phenoxy) is 1. The number of methoxy groups -OCH3 is 1. The summed E-state index contributed by atoms with van der Waals surface area (Å²) in [5.41, 5.74) is -1.22. The molecule has 6 nitrogen and oxygen atoms in total. The van der Waals surface area contributed by atoms with Crippen LogP contribution in [-0.4, -0.2) is 22.6 Å². The third kappa shape index (κ3) is 2.88. The predicted octanol–water partition coefficient (Wildman–Crippen LogP) is 0.298. The van der Waals surface area contributed by atoms with E-state index in [0.29, 0.717) is 12.0 Å². The van der Waals surface area contributed by atoms with Crippen LogP contribution < -0.4 is 11.2 Å². The van der Waals surface area contributed by atoms with Crippen molar-refractivity contribution in [2.24, 2.45) is 5.41 Å². The molecule has 0 atom stereocenters. The summed E-state index contributed by atoms with van der Waals surface area (Å²) >= 11 is 0. The lowest BCUT2D eigenvalue weighted by atomic mass is 9.93. The fraction of sp³-hybridized carbons (Fsp3) is 0.583. The molecule has 0 spiro atoms. The van der Waals surface area contributed by atoms with Crippen molar-refractivity contribution in [1.82, 2.24) is 9.55 Å². The van der Waals surface area contributed by atoms with Crippen LogP contribution in [0.1, 0.15) is 26.3 Å². The van der Waals surface area contributed by atoms with Crippen molar-refractivity contribution >= 4 is 5.97 Å². The molecule has 0 radical (unpaired) electrons. The number of hydrogen-bond donors (Lipinski definition) is 1. The third-order valence-electron chi connectivity index (χ3n) is 2.77. The van der Waals surface area contributed by atoms with Gasteiger partial charge >= 0.3 is 11.7 Å². The van der Waals surface area contributed by atoms with Crippen LogP contribution in [0.15, 0.2) is 15.8 Å². The van der Waals surface area contributed by atoms with Crippen LogP contribution >= 0.6 is 0 Å². The van der Waals surface area contributed by atoms with Crippen molar-refractivity contribution in [3.05, 3.63) is 32.6 Å². The van der Waals surface area contributed by atoms with Crippen LogP contribution in [0.4, 0.5) is 0 Å². The van der Waals surface area contributed by atoms with Gasteiger partial charge in [0.2, 0.25) is 0 Å². The number of nitrogens with zero attached hydrogens (tertiary/aromatic N) is 1. The number of esters is 1. The highest BCUT2D eigenvalue weighted by molar-refractivity contribution is 5.75. The minimum atomic E-state index is -0.832. The molecule has 1 rings (SSSR count). The lowest BCUT2D eigenvalue weighted by Gasteiger charge is -2.22. The van der Waals surface area contributed by atoms with E-state index in [-0.39, 0.29) is 12.1 Å². The number of nitrogens with one attached hydrogen (secondary N) is 1. The van der Waals surface area contributed by atoms with Gasteiger partial charge in [0.15, 0.2) is 0 Å². The Kier molecular flexibility index (Phi) is 4.11. The lowest BCUT2D eigenvalue weighted by Crippen LogP contribution is -2.38. The van der Waals surface area contributed by atoms with E-state index in [9.17, 15) is 14.4 Å². The summed E-state index contributed by atoms with van der Waals surface area (Å²) < 4.78 is 6.01. The Bertz CT molecular complexity index is 554. The maximum Gasteiger partial charge on any atom is 0.328 e. The number of carbonyl (C=O) groups excluding carboxylic acids is 1. The van der Waals surface area contributed by atoms with Gasteiger partial charge in [-0.2, -0.15) is 0 Å². The van der Waals surface area contributed by atoms with Gasteiger partial charge in [-0.15, -0.1) is 0 Å². The fourth-order valence-corrected chi connectivity index (χ4v) is 1.69. The van der Waals surface area contributed by atoms with Crippen LogP contribution in [0.2, 0.25) is 0 Å².